The van der Waals surface area contributed by atoms with Gasteiger partial charge >= 0.3 is 0 Å². The Morgan fingerprint density at radius 2 is 2.00 bits per heavy atom. The molecule has 86 valence electrons. The van der Waals surface area contributed by atoms with Crippen LogP contribution < -0.4 is 5.32 Å². The summed E-state index contributed by atoms with van der Waals surface area (Å²) < 4.78 is 0. The lowest BCUT2D eigenvalue weighted by atomic mass is 9.89. The molecule has 0 bridgehead atoms. The van der Waals surface area contributed by atoms with Gasteiger partial charge in [-0.05, 0) is 48.6 Å². The zero-order valence-electron chi connectivity index (χ0n) is 10.1. The van der Waals surface area contributed by atoms with Gasteiger partial charge in [0.2, 0.25) is 0 Å². The Bertz CT molecular complexity index is 375. The summed E-state index contributed by atoms with van der Waals surface area (Å²) >= 11 is 0. The van der Waals surface area contributed by atoms with Gasteiger partial charge in [-0.3, -0.25) is 0 Å². The molecule has 1 aromatic rings. The van der Waals surface area contributed by atoms with Crippen LogP contribution in [0.2, 0.25) is 0 Å². The third-order valence-electron chi connectivity index (χ3n) is 4.28. The second-order valence-electron chi connectivity index (χ2n) is 5.45. The van der Waals surface area contributed by atoms with Crippen molar-refractivity contribution in [3.8, 4) is 0 Å². The van der Waals surface area contributed by atoms with Crippen molar-refractivity contribution < 1.29 is 0 Å². The highest BCUT2D eigenvalue weighted by atomic mass is 14.9. The quantitative estimate of drug-likeness (QED) is 0.794. The SMILES string of the molecule is CCC1(c2ccccc2CNC2CC2)CC1. The molecule has 1 aromatic carbocycles. The van der Waals surface area contributed by atoms with Gasteiger partial charge < -0.3 is 5.32 Å². The van der Waals surface area contributed by atoms with Crippen molar-refractivity contribution >= 4 is 0 Å². The number of nitrogens with one attached hydrogen (secondary N) is 1. The van der Waals surface area contributed by atoms with Gasteiger partial charge in [-0.2, -0.15) is 0 Å². The van der Waals surface area contributed by atoms with Crippen LogP contribution in [0.1, 0.15) is 50.2 Å². The van der Waals surface area contributed by atoms with Crippen molar-refractivity contribution in [1.29, 1.82) is 0 Å². The van der Waals surface area contributed by atoms with E-state index in [1.165, 1.54) is 37.7 Å². The lowest BCUT2D eigenvalue weighted by Crippen LogP contribution is -2.18. The van der Waals surface area contributed by atoms with Crippen molar-refractivity contribution in [2.75, 3.05) is 0 Å². The van der Waals surface area contributed by atoms with Crippen LogP contribution >= 0.6 is 0 Å². The van der Waals surface area contributed by atoms with Crippen LogP contribution in [0.5, 0.6) is 0 Å². The van der Waals surface area contributed by atoms with Crippen molar-refractivity contribution in [1.82, 2.24) is 5.32 Å². The summed E-state index contributed by atoms with van der Waals surface area (Å²) in [5, 5.41) is 3.64. The van der Waals surface area contributed by atoms with Crippen molar-refractivity contribution in [3.05, 3.63) is 35.4 Å². The number of hydrogen-bond donors (Lipinski definition) is 1. The van der Waals surface area contributed by atoms with E-state index >= 15 is 0 Å². The van der Waals surface area contributed by atoms with Crippen LogP contribution in [0, 0.1) is 0 Å². The Morgan fingerprint density at radius 3 is 2.62 bits per heavy atom. The van der Waals surface area contributed by atoms with E-state index in [4.69, 9.17) is 0 Å². The van der Waals surface area contributed by atoms with E-state index in [9.17, 15) is 0 Å². The standard InChI is InChI=1S/C15H21N/c1-2-15(9-10-15)14-6-4-3-5-12(14)11-16-13-7-8-13/h3-6,13,16H,2,7-11H2,1H3. The minimum absolute atomic E-state index is 0.543. The summed E-state index contributed by atoms with van der Waals surface area (Å²) in [7, 11) is 0. The van der Waals surface area contributed by atoms with Gasteiger partial charge in [-0.15, -0.1) is 0 Å². The first kappa shape index (κ1) is 10.3. The van der Waals surface area contributed by atoms with E-state index in [2.05, 4.69) is 36.5 Å². The maximum atomic E-state index is 3.64. The second-order valence-corrected chi connectivity index (χ2v) is 5.45. The van der Waals surface area contributed by atoms with E-state index in [0.29, 0.717) is 5.41 Å². The molecule has 2 saturated carbocycles. The molecule has 0 heterocycles. The van der Waals surface area contributed by atoms with E-state index in [-0.39, 0.29) is 0 Å². The molecule has 0 radical (unpaired) electrons. The van der Waals surface area contributed by atoms with Gasteiger partial charge in [-0.25, -0.2) is 0 Å². The zero-order valence-corrected chi connectivity index (χ0v) is 10.1. The van der Waals surface area contributed by atoms with Crippen LogP contribution in [-0.2, 0) is 12.0 Å². The molecule has 0 unspecified atom stereocenters. The van der Waals surface area contributed by atoms with E-state index in [1.807, 2.05) is 0 Å². The summed E-state index contributed by atoms with van der Waals surface area (Å²) in [6, 6.07) is 9.84. The fourth-order valence-electron chi connectivity index (χ4n) is 2.70. The highest BCUT2D eigenvalue weighted by molar-refractivity contribution is 5.38. The average molecular weight is 215 g/mol. The topological polar surface area (TPSA) is 12.0 Å². The summed E-state index contributed by atoms with van der Waals surface area (Å²) in [6.07, 6.45) is 6.84. The molecule has 2 aliphatic carbocycles. The molecule has 0 atom stereocenters. The lowest BCUT2D eigenvalue weighted by molar-refractivity contribution is 0.630. The van der Waals surface area contributed by atoms with Crippen molar-refractivity contribution in [2.45, 2.75) is 57.0 Å². The second kappa shape index (κ2) is 3.89. The fraction of sp³-hybridized carbons (Fsp3) is 0.600. The smallest absolute Gasteiger partial charge is 0.0211 e. The Labute approximate surface area is 98.3 Å². The molecular weight excluding hydrogens is 194 g/mol. The molecule has 16 heavy (non-hydrogen) atoms. The molecule has 1 N–H and O–H groups in total. The monoisotopic (exact) mass is 215 g/mol. The minimum Gasteiger partial charge on any atom is -0.310 e. The zero-order chi connectivity index (χ0) is 11.0. The number of hydrogen-bond acceptors (Lipinski definition) is 1. The number of benzene rings is 1. The molecule has 1 heteroatoms. The average Bonchev–Trinajstić information content (AvgIpc) is 3.21. The lowest BCUT2D eigenvalue weighted by Gasteiger charge is -2.18. The Morgan fingerprint density at radius 1 is 1.25 bits per heavy atom. The third kappa shape index (κ3) is 1.89. The highest BCUT2D eigenvalue weighted by Gasteiger charge is 2.43. The van der Waals surface area contributed by atoms with Crippen molar-refractivity contribution in [3.63, 3.8) is 0 Å². The van der Waals surface area contributed by atoms with Gasteiger partial charge in [0.05, 0.1) is 0 Å². The summed E-state index contributed by atoms with van der Waals surface area (Å²) in [5.74, 6) is 0. The first-order valence-electron chi connectivity index (χ1n) is 6.66. The molecular formula is C15H21N. The van der Waals surface area contributed by atoms with Crippen LogP contribution in [0.15, 0.2) is 24.3 Å². The Kier molecular flexibility index (Phi) is 2.51. The van der Waals surface area contributed by atoms with Crippen LogP contribution in [-0.4, -0.2) is 6.04 Å². The maximum Gasteiger partial charge on any atom is 0.0211 e. The Balaban J connectivity index is 1.79. The molecule has 1 nitrogen and oxygen atoms in total. The van der Waals surface area contributed by atoms with Crippen LogP contribution in [0.3, 0.4) is 0 Å². The van der Waals surface area contributed by atoms with Crippen molar-refractivity contribution in [2.24, 2.45) is 0 Å². The van der Waals surface area contributed by atoms with Gasteiger partial charge in [0, 0.05) is 12.6 Å². The third-order valence-corrected chi connectivity index (χ3v) is 4.28. The molecule has 0 aromatic heterocycles. The predicted octanol–water partition coefficient (Wildman–Crippen LogP) is 3.38. The summed E-state index contributed by atoms with van der Waals surface area (Å²) in [4.78, 5) is 0. The Hall–Kier alpha value is -0.820. The first-order chi connectivity index (χ1) is 7.84. The van der Waals surface area contributed by atoms with Crippen LogP contribution in [0.25, 0.3) is 0 Å². The number of rotatable bonds is 5. The first-order valence-corrected chi connectivity index (χ1v) is 6.66. The largest absolute Gasteiger partial charge is 0.310 e. The summed E-state index contributed by atoms with van der Waals surface area (Å²) in [5.41, 5.74) is 3.70. The minimum atomic E-state index is 0.543. The normalized spacial score (nSPS) is 22.1. The maximum absolute atomic E-state index is 3.64. The fourth-order valence-corrected chi connectivity index (χ4v) is 2.70. The molecule has 0 aliphatic heterocycles. The van der Waals surface area contributed by atoms with Gasteiger partial charge in [0.1, 0.15) is 0 Å². The summed E-state index contributed by atoms with van der Waals surface area (Å²) in [6.45, 7) is 3.40. The molecule has 0 amide bonds. The predicted molar refractivity (Wildman–Crippen MR) is 67.5 cm³/mol. The van der Waals surface area contributed by atoms with E-state index in [0.717, 1.165) is 12.6 Å². The van der Waals surface area contributed by atoms with Gasteiger partial charge in [-0.1, -0.05) is 31.2 Å². The molecule has 3 rings (SSSR count). The molecule has 2 fully saturated rings. The van der Waals surface area contributed by atoms with Crippen LogP contribution in [0.4, 0.5) is 0 Å². The highest BCUT2D eigenvalue weighted by Crippen LogP contribution is 2.51. The molecule has 0 saturated heterocycles. The van der Waals surface area contributed by atoms with E-state index in [1.54, 1.807) is 5.56 Å². The van der Waals surface area contributed by atoms with E-state index < -0.39 is 0 Å². The van der Waals surface area contributed by atoms with Gasteiger partial charge in [0.15, 0.2) is 0 Å². The molecule has 2 aliphatic rings. The molecule has 0 spiro atoms. The van der Waals surface area contributed by atoms with Gasteiger partial charge in [0.25, 0.3) is 0 Å².